The number of carbonyl (C=O) groups excluding carboxylic acids is 1. The molecule has 2 aromatic rings. The molecule has 1 atom stereocenters. The predicted octanol–water partition coefficient (Wildman–Crippen LogP) is 4.47. The molecule has 1 amide bonds. The van der Waals surface area contributed by atoms with Gasteiger partial charge < -0.3 is 16.0 Å². The zero-order valence-electron chi connectivity index (χ0n) is 12.5. The Hall–Kier alpha value is -1.05. The van der Waals surface area contributed by atoms with Crippen molar-refractivity contribution in [3.63, 3.8) is 0 Å². The van der Waals surface area contributed by atoms with Crippen molar-refractivity contribution in [1.82, 2.24) is 10.6 Å². The first-order valence-electron chi connectivity index (χ1n) is 6.81. The van der Waals surface area contributed by atoms with Gasteiger partial charge in [-0.1, -0.05) is 59.1 Å². The standard InChI is InChI=1S/C15H14Cl3N3OS2/c1-9-5-2-3-6-10(9)19-14(23)21-13(15(16,17)18)20-12(22)11-7-4-8-24-11/h2-8,13H,1H3,(H,20,22)(H2,19,21,23). The highest BCUT2D eigenvalue weighted by molar-refractivity contribution is 7.80. The molecule has 1 heterocycles. The number of benzene rings is 1. The number of halogens is 3. The highest BCUT2D eigenvalue weighted by atomic mass is 35.6. The number of amides is 1. The van der Waals surface area contributed by atoms with Crippen LogP contribution in [0.25, 0.3) is 0 Å². The highest BCUT2D eigenvalue weighted by Gasteiger charge is 2.35. The topological polar surface area (TPSA) is 53.2 Å². The van der Waals surface area contributed by atoms with E-state index in [0.29, 0.717) is 4.88 Å². The van der Waals surface area contributed by atoms with E-state index in [1.165, 1.54) is 11.3 Å². The number of nitrogens with one attached hydrogen (secondary N) is 3. The molecular formula is C15H14Cl3N3OS2. The second-order valence-electron chi connectivity index (χ2n) is 4.84. The lowest BCUT2D eigenvalue weighted by Crippen LogP contribution is -2.56. The summed E-state index contributed by atoms with van der Waals surface area (Å²) in [6.45, 7) is 1.94. The third kappa shape index (κ3) is 5.50. The largest absolute Gasteiger partial charge is 0.339 e. The number of thiophene rings is 1. The third-order valence-corrected chi connectivity index (χ3v) is 4.76. The van der Waals surface area contributed by atoms with Gasteiger partial charge in [0.1, 0.15) is 6.17 Å². The lowest BCUT2D eigenvalue weighted by molar-refractivity contribution is 0.0938. The van der Waals surface area contributed by atoms with Crippen LogP contribution in [0, 0.1) is 6.92 Å². The zero-order valence-corrected chi connectivity index (χ0v) is 16.4. The fourth-order valence-electron chi connectivity index (χ4n) is 1.81. The molecule has 0 aliphatic carbocycles. The number of para-hydroxylation sites is 1. The molecule has 4 nitrogen and oxygen atoms in total. The molecule has 3 N–H and O–H groups in total. The molecule has 9 heteroatoms. The van der Waals surface area contributed by atoms with E-state index < -0.39 is 9.96 Å². The maximum absolute atomic E-state index is 12.2. The predicted molar refractivity (Wildman–Crippen MR) is 106 cm³/mol. The summed E-state index contributed by atoms with van der Waals surface area (Å²) in [5, 5.41) is 10.5. The Labute approximate surface area is 164 Å². The highest BCUT2D eigenvalue weighted by Crippen LogP contribution is 2.29. The lowest BCUT2D eigenvalue weighted by Gasteiger charge is -2.27. The lowest BCUT2D eigenvalue weighted by atomic mass is 10.2. The number of carbonyl (C=O) groups is 1. The number of alkyl halides is 3. The van der Waals surface area contributed by atoms with E-state index >= 15 is 0 Å². The van der Waals surface area contributed by atoms with Crippen molar-refractivity contribution in [3.05, 3.63) is 52.2 Å². The van der Waals surface area contributed by atoms with Crippen molar-refractivity contribution in [2.45, 2.75) is 16.9 Å². The SMILES string of the molecule is Cc1ccccc1NC(=S)NC(NC(=O)c1cccs1)C(Cl)(Cl)Cl. The Morgan fingerprint density at radius 1 is 1.17 bits per heavy atom. The van der Waals surface area contributed by atoms with E-state index in [-0.39, 0.29) is 11.0 Å². The van der Waals surface area contributed by atoms with Gasteiger partial charge in [-0.3, -0.25) is 4.79 Å². The fraction of sp³-hybridized carbons (Fsp3) is 0.200. The van der Waals surface area contributed by atoms with Crippen molar-refractivity contribution in [3.8, 4) is 0 Å². The minimum atomic E-state index is -1.79. The maximum Gasteiger partial charge on any atom is 0.263 e. The number of anilines is 1. The van der Waals surface area contributed by atoms with Crippen molar-refractivity contribution in [2.24, 2.45) is 0 Å². The van der Waals surface area contributed by atoms with E-state index in [4.69, 9.17) is 47.0 Å². The second-order valence-corrected chi connectivity index (χ2v) is 8.56. The summed E-state index contributed by atoms with van der Waals surface area (Å²) >= 11 is 24.4. The zero-order chi connectivity index (χ0) is 17.7. The molecule has 2 rings (SSSR count). The van der Waals surface area contributed by atoms with Crippen LogP contribution in [0.4, 0.5) is 5.69 Å². The van der Waals surface area contributed by atoms with Gasteiger partial charge in [-0.2, -0.15) is 0 Å². The van der Waals surface area contributed by atoms with Gasteiger partial charge in [-0.15, -0.1) is 11.3 Å². The second kappa shape index (κ2) is 8.36. The maximum atomic E-state index is 12.2. The molecule has 0 spiro atoms. The van der Waals surface area contributed by atoms with Crippen LogP contribution in [-0.4, -0.2) is 21.0 Å². The molecule has 0 aliphatic rings. The van der Waals surface area contributed by atoms with Crippen molar-refractivity contribution < 1.29 is 4.79 Å². The quantitative estimate of drug-likeness (QED) is 0.386. The average molecular weight is 423 g/mol. The molecule has 0 bridgehead atoms. The molecule has 0 fully saturated rings. The van der Waals surface area contributed by atoms with E-state index in [2.05, 4.69) is 16.0 Å². The molecule has 1 aromatic heterocycles. The smallest absolute Gasteiger partial charge is 0.263 e. The van der Waals surface area contributed by atoms with Gasteiger partial charge in [0, 0.05) is 5.69 Å². The van der Waals surface area contributed by atoms with Crippen molar-refractivity contribution in [2.75, 3.05) is 5.32 Å². The number of hydrogen-bond acceptors (Lipinski definition) is 3. The molecule has 0 radical (unpaired) electrons. The van der Waals surface area contributed by atoms with Crippen molar-refractivity contribution in [1.29, 1.82) is 0 Å². The van der Waals surface area contributed by atoms with E-state index in [1.54, 1.807) is 17.5 Å². The van der Waals surface area contributed by atoms with Crippen molar-refractivity contribution >= 4 is 75.1 Å². The van der Waals surface area contributed by atoms with E-state index in [9.17, 15) is 4.79 Å². The van der Waals surface area contributed by atoms with E-state index in [1.807, 2.05) is 31.2 Å². The Kier molecular flexibility index (Phi) is 6.71. The normalized spacial score (nSPS) is 12.3. The molecule has 1 unspecified atom stereocenters. The van der Waals surface area contributed by atoms with Gasteiger partial charge in [0.15, 0.2) is 5.11 Å². The van der Waals surface area contributed by atoms with E-state index in [0.717, 1.165) is 11.3 Å². The summed E-state index contributed by atoms with van der Waals surface area (Å²) in [4.78, 5) is 12.7. The van der Waals surface area contributed by atoms with Crippen LogP contribution in [0.2, 0.25) is 0 Å². The minimum Gasteiger partial charge on any atom is -0.339 e. The molecule has 0 saturated heterocycles. The minimum absolute atomic E-state index is 0.229. The number of aryl methyl sites for hydroxylation is 1. The summed E-state index contributed by atoms with van der Waals surface area (Å²) in [6, 6.07) is 11.1. The summed E-state index contributed by atoms with van der Waals surface area (Å²) in [5.74, 6) is -0.354. The summed E-state index contributed by atoms with van der Waals surface area (Å²) < 4.78 is -1.79. The molecular weight excluding hydrogens is 409 g/mol. The van der Waals surface area contributed by atoms with Crippen LogP contribution in [0.5, 0.6) is 0 Å². The summed E-state index contributed by atoms with van der Waals surface area (Å²) in [5.41, 5.74) is 1.83. The number of hydrogen-bond donors (Lipinski definition) is 3. The summed E-state index contributed by atoms with van der Waals surface area (Å²) in [7, 11) is 0. The van der Waals surface area contributed by atoms with Crippen LogP contribution >= 0.6 is 58.4 Å². The monoisotopic (exact) mass is 421 g/mol. The van der Waals surface area contributed by atoms with Gasteiger partial charge >= 0.3 is 0 Å². The first-order valence-corrected chi connectivity index (χ1v) is 9.24. The summed E-state index contributed by atoms with van der Waals surface area (Å²) in [6.07, 6.45) is -0.999. The van der Waals surface area contributed by atoms with Crippen LogP contribution in [0.3, 0.4) is 0 Å². The van der Waals surface area contributed by atoms with Crippen LogP contribution in [-0.2, 0) is 0 Å². The Morgan fingerprint density at radius 3 is 2.46 bits per heavy atom. The van der Waals surface area contributed by atoms with Gasteiger partial charge in [-0.05, 0) is 42.2 Å². The molecule has 24 heavy (non-hydrogen) atoms. The third-order valence-electron chi connectivity index (χ3n) is 3.02. The molecule has 1 aromatic carbocycles. The Morgan fingerprint density at radius 2 is 1.88 bits per heavy atom. The first kappa shape index (κ1) is 19.3. The Bertz CT molecular complexity index is 717. The first-order chi connectivity index (χ1) is 11.3. The molecule has 128 valence electrons. The molecule has 0 saturated carbocycles. The van der Waals surface area contributed by atoms with Crippen LogP contribution in [0.15, 0.2) is 41.8 Å². The van der Waals surface area contributed by atoms with Gasteiger partial charge in [-0.25, -0.2) is 0 Å². The van der Waals surface area contributed by atoms with Gasteiger partial charge in [0.05, 0.1) is 4.88 Å². The number of rotatable bonds is 4. The average Bonchev–Trinajstić information content (AvgIpc) is 3.02. The molecule has 0 aliphatic heterocycles. The fourth-order valence-corrected chi connectivity index (χ4v) is 2.99. The van der Waals surface area contributed by atoms with Crippen LogP contribution in [0.1, 0.15) is 15.2 Å². The number of thiocarbonyl (C=S) groups is 1. The van der Waals surface area contributed by atoms with Gasteiger partial charge in [0.2, 0.25) is 3.79 Å². The Balaban J connectivity index is 2.05. The van der Waals surface area contributed by atoms with Gasteiger partial charge in [0.25, 0.3) is 5.91 Å². The van der Waals surface area contributed by atoms with Crippen LogP contribution < -0.4 is 16.0 Å².